The van der Waals surface area contributed by atoms with Gasteiger partial charge >= 0.3 is 26.3 Å². The normalized spacial score (nSPS) is 14.9. The fourth-order valence-electron chi connectivity index (χ4n) is 3.48. The summed E-state index contributed by atoms with van der Waals surface area (Å²) in [4.78, 5) is 26.9. The van der Waals surface area contributed by atoms with Crippen molar-refractivity contribution in [1.29, 1.82) is 0 Å². The lowest BCUT2D eigenvalue weighted by Gasteiger charge is -2.33. The van der Waals surface area contributed by atoms with Gasteiger partial charge in [0, 0.05) is 47.7 Å². The Balaban J connectivity index is 0.000000435. The molecule has 0 saturated carbocycles. The molecule has 0 unspecified atom stereocenters. The number of rotatable bonds is 4. The zero-order valence-corrected chi connectivity index (χ0v) is 28.5. The highest BCUT2D eigenvalue weighted by Gasteiger charge is 2.34. The number of carbonyl (C=O) groups excluding carboxylic acids is 2. The van der Waals surface area contributed by atoms with Crippen LogP contribution in [-0.2, 0) is 22.2 Å². The summed E-state index contributed by atoms with van der Waals surface area (Å²) in [6.07, 6.45) is -5.90. The first-order valence-electron chi connectivity index (χ1n) is 11.7. The Morgan fingerprint density at radius 2 is 1.38 bits per heavy atom. The lowest BCUT2D eigenvalue weighted by atomic mass is 10.0. The van der Waals surface area contributed by atoms with Crippen molar-refractivity contribution in [2.45, 2.75) is 27.6 Å². The number of halogens is 10. The molecule has 0 aromatic heterocycles. The first kappa shape index (κ1) is 37.3. The summed E-state index contributed by atoms with van der Waals surface area (Å²) in [5.41, 5.74) is 1.25. The SMILES string of the molecule is Cc1ccc(NC(=O)Nc2ccc(CN3CCN(C)CC3)c(C(F)(F)F)c2)cc1I.O=C(OC(Cl)(Cl)Cl)OC(Cl)(Cl)Cl. The minimum absolute atomic E-state index is 0.101. The molecule has 1 aliphatic rings. The lowest BCUT2D eigenvalue weighted by Crippen LogP contribution is -2.44. The van der Waals surface area contributed by atoms with Crippen LogP contribution in [0.3, 0.4) is 0 Å². The minimum atomic E-state index is -4.50. The van der Waals surface area contributed by atoms with Crippen molar-refractivity contribution in [3.63, 3.8) is 0 Å². The van der Waals surface area contributed by atoms with Gasteiger partial charge in [-0.3, -0.25) is 4.90 Å². The van der Waals surface area contributed by atoms with Crippen LogP contribution in [0, 0.1) is 10.5 Å². The van der Waals surface area contributed by atoms with Crippen LogP contribution < -0.4 is 10.6 Å². The van der Waals surface area contributed by atoms with E-state index in [2.05, 4.69) is 47.6 Å². The van der Waals surface area contributed by atoms with Gasteiger partial charge < -0.3 is 25.0 Å². The predicted molar refractivity (Wildman–Crippen MR) is 169 cm³/mol. The second-order valence-electron chi connectivity index (χ2n) is 8.84. The van der Waals surface area contributed by atoms with Crippen molar-refractivity contribution in [1.82, 2.24) is 9.80 Å². The first-order valence-corrected chi connectivity index (χ1v) is 15.1. The monoisotopic (exact) mass is 826 g/mol. The Morgan fingerprint density at radius 1 is 0.881 bits per heavy atom. The number of carbonyl (C=O) groups is 2. The van der Waals surface area contributed by atoms with E-state index in [9.17, 15) is 22.8 Å². The van der Waals surface area contributed by atoms with Crippen molar-refractivity contribution >= 4 is 116 Å². The number of amides is 2. The minimum Gasteiger partial charge on any atom is -0.382 e. The largest absolute Gasteiger partial charge is 0.515 e. The Hall–Kier alpha value is -0.840. The van der Waals surface area contributed by atoms with E-state index in [4.69, 9.17) is 69.6 Å². The summed E-state index contributed by atoms with van der Waals surface area (Å²) in [5.74, 6) is 0. The summed E-state index contributed by atoms with van der Waals surface area (Å²) in [5, 5.41) is 5.15. The second kappa shape index (κ2) is 15.9. The number of aryl methyl sites for hydroxylation is 1. The molecule has 3 rings (SSSR count). The van der Waals surface area contributed by atoms with Gasteiger partial charge in [-0.2, -0.15) is 13.2 Å². The fraction of sp³-hybridized carbons (Fsp3) is 0.417. The molecule has 1 aliphatic heterocycles. The van der Waals surface area contributed by atoms with Crippen molar-refractivity contribution in [3.05, 3.63) is 56.7 Å². The van der Waals surface area contributed by atoms with Gasteiger partial charge in [0.2, 0.25) is 0 Å². The molecule has 1 heterocycles. The highest BCUT2D eigenvalue weighted by molar-refractivity contribution is 14.1. The molecule has 0 aliphatic carbocycles. The van der Waals surface area contributed by atoms with Crippen LogP contribution >= 0.6 is 92.2 Å². The fourth-order valence-corrected chi connectivity index (χ4v) is 4.37. The maximum absolute atomic E-state index is 13.7. The Kier molecular flexibility index (Phi) is 14.2. The van der Waals surface area contributed by atoms with Crippen molar-refractivity contribution < 1.29 is 32.2 Å². The van der Waals surface area contributed by atoms with Gasteiger partial charge in [0.1, 0.15) is 0 Å². The molecule has 18 heteroatoms. The summed E-state index contributed by atoms with van der Waals surface area (Å²) in [6, 6.07) is 8.79. The number of alkyl halides is 9. The molecule has 2 aromatic carbocycles. The van der Waals surface area contributed by atoms with Gasteiger partial charge in [-0.05, 0) is 142 Å². The molecule has 2 amide bonds. The summed E-state index contributed by atoms with van der Waals surface area (Å²) < 4.78 is 45.5. The maximum Gasteiger partial charge on any atom is 0.515 e. The molecule has 2 aromatic rings. The van der Waals surface area contributed by atoms with E-state index < -0.39 is 31.9 Å². The van der Waals surface area contributed by atoms with Crippen molar-refractivity contribution in [2.75, 3.05) is 43.9 Å². The van der Waals surface area contributed by atoms with Gasteiger partial charge in [0.15, 0.2) is 0 Å². The number of nitrogens with zero attached hydrogens (tertiary/aromatic N) is 2. The summed E-state index contributed by atoms with van der Waals surface area (Å²) in [6.45, 7) is 5.31. The molecular weight excluding hydrogens is 805 g/mol. The van der Waals surface area contributed by atoms with Crippen molar-refractivity contribution in [3.8, 4) is 0 Å². The molecule has 0 atom stereocenters. The molecule has 8 nitrogen and oxygen atoms in total. The number of likely N-dealkylation sites (N-methyl/N-ethyl adjacent to an activating group) is 1. The van der Waals surface area contributed by atoms with Crippen LogP contribution in [0.4, 0.5) is 34.1 Å². The highest BCUT2D eigenvalue weighted by atomic mass is 127. The average molecular weight is 829 g/mol. The third-order valence-electron chi connectivity index (χ3n) is 5.49. The predicted octanol–water partition coefficient (Wildman–Crippen LogP) is 8.80. The highest BCUT2D eigenvalue weighted by Crippen LogP contribution is 2.35. The number of ether oxygens (including phenoxy) is 2. The standard InChI is InChI=1S/C21H24F3IN4O.C3Cl6O3/c1-14-3-5-17(12-19(14)25)27-20(30)26-16-6-4-15(18(11-16)21(22,23)24)13-29-9-7-28(2)8-10-29;4-2(5,6)11-1(10)12-3(7,8)9/h3-6,11-12H,7-10,13H2,1-2H3,(H2,26,27,30);. The van der Waals surface area contributed by atoms with E-state index in [1.807, 2.05) is 24.9 Å². The summed E-state index contributed by atoms with van der Waals surface area (Å²) in [7, 11) is 2.00. The molecule has 234 valence electrons. The first-order chi connectivity index (χ1) is 19.2. The number of anilines is 2. The Morgan fingerprint density at radius 3 is 1.86 bits per heavy atom. The van der Waals surface area contributed by atoms with Gasteiger partial charge in [-0.15, -0.1) is 0 Å². The summed E-state index contributed by atoms with van der Waals surface area (Å²) >= 11 is 32.4. The molecule has 42 heavy (non-hydrogen) atoms. The van der Waals surface area contributed by atoms with Gasteiger partial charge in [-0.1, -0.05) is 12.1 Å². The Labute approximate surface area is 284 Å². The van der Waals surface area contributed by atoms with Crippen LogP contribution in [0.1, 0.15) is 16.7 Å². The van der Waals surface area contributed by atoms with Crippen LogP contribution in [-0.4, -0.2) is 63.2 Å². The third-order valence-corrected chi connectivity index (χ3v) is 7.12. The quantitative estimate of drug-likeness (QED) is 0.182. The number of urea groups is 1. The number of nitrogens with one attached hydrogen (secondary N) is 2. The maximum atomic E-state index is 13.7. The van der Waals surface area contributed by atoms with Gasteiger partial charge in [0.25, 0.3) is 0 Å². The molecule has 2 N–H and O–H groups in total. The molecular formula is C24H24Cl6F3IN4O4. The van der Waals surface area contributed by atoms with E-state index in [0.29, 0.717) is 5.69 Å². The van der Waals surface area contributed by atoms with E-state index in [1.54, 1.807) is 12.1 Å². The third kappa shape index (κ3) is 14.3. The number of hydrogen-bond donors (Lipinski definition) is 2. The second-order valence-corrected chi connectivity index (χ2v) is 14.4. The van der Waals surface area contributed by atoms with E-state index in [-0.39, 0.29) is 17.8 Å². The molecule has 1 saturated heterocycles. The number of benzene rings is 2. The number of piperazine rings is 1. The van der Waals surface area contributed by atoms with E-state index >= 15 is 0 Å². The Bertz CT molecular complexity index is 1220. The topological polar surface area (TPSA) is 83.1 Å². The molecule has 0 spiro atoms. The molecule has 0 radical (unpaired) electrons. The zero-order chi connectivity index (χ0) is 31.9. The van der Waals surface area contributed by atoms with Crippen LogP contribution in [0.5, 0.6) is 0 Å². The average Bonchev–Trinajstić information content (AvgIpc) is 2.81. The zero-order valence-electron chi connectivity index (χ0n) is 21.8. The molecule has 1 fully saturated rings. The molecule has 0 bridgehead atoms. The van der Waals surface area contributed by atoms with Gasteiger partial charge in [-0.25, -0.2) is 9.59 Å². The van der Waals surface area contributed by atoms with Crippen LogP contribution in [0.15, 0.2) is 36.4 Å². The van der Waals surface area contributed by atoms with E-state index in [1.165, 1.54) is 12.1 Å². The number of hydrogen-bond acceptors (Lipinski definition) is 6. The van der Waals surface area contributed by atoms with Gasteiger partial charge in [0.05, 0.1) is 5.56 Å². The van der Waals surface area contributed by atoms with Crippen molar-refractivity contribution in [2.24, 2.45) is 0 Å². The smallest absolute Gasteiger partial charge is 0.382 e. The van der Waals surface area contributed by atoms with Crippen LogP contribution in [0.2, 0.25) is 0 Å². The lowest BCUT2D eigenvalue weighted by molar-refractivity contribution is -0.138. The van der Waals surface area contributed by atoms with E-state index in [0.717, 1.165) is 41.4 Å². The van der Waals surface area contributed by atoms with Crippen LogP contribution in [0.25, 0.3) is 0 Å².